The number of benzene rings is 1. The second kappa shape index (κ2) is 5.91. The second-order valence-corrected chi connectivity index (χ2v) is 9.15. The number of sulfone groups is 1. The van der Waals surface area contributed by atoms with Crippen molar-refractivity contribution >= 4 is 21.6 Å². The zero-order chi connectivity index (χ0) is 16.5. The van der Waals surface area contributed by atoms with Crippen LogP contribution in [-0.2, 0) is 15.3 Å². The SMILES string of the molecule is CN(C(=O)Nc1ccc(C(C)(C)C)cc1)C1CCS(=O)(=O)C1. The average molecular weight is 324 g/mol. The van der Waals surface area contributed by atoms with Crippen LogP contribution < -0.4 is 5.32 Å². The monoisotopic (exact) mass is 324 g/mol. The summed E-state index contributed by atoms with van der Waals surface area (Å²) >= 11 is 0. The van der Waals surface area contributed by atoms with Crippen molar-refractivity contribution in [1.82, 2.24) is 4.90 Å². The Hall–Kier alpha value is -1.56. The maximum atomic E-state index is 12.2. The maximum absolute atomic E-state index is 12.2. The number of hydrogen-bond donors (Lipinski definition) is 1. The highest BCUT2D eigenvalue weighted by atomic mass is 32.2. The summed E-state index contributed by atoms with van der Waals surface area (Å²) in [5.41, 5.74) is 1.98. The van der Waals surface area contributed by atoms with Crippen LogP contribution in [0.4, 0.5) is 10.5 Å². The van der Waals surface area contributed by atoms with Gasteiger partial charge >= 0.3 is 6.03 Å². The molecule has 1 unspecified atom stereocenters. The van der Waals surface area contributed by atoms with Crippen LogP contribution >= 0.6 is 0 Å². The molecule has 0 saturated carbocycles. The largest absolute Gasteiger partial charge is 0.324 e. The van der Waals surface area contributed by atoms with Crippen LogP contribution in [0.5, 0.6) is 0 Å². The summed E-state index contributed by atoms with van der Waals surface area (Å²) < 4.78 is 23.0. The highest BCUT2D eigenvalue weighted by Crippen LogP contribution is 2.24. The van der Waals surface area contributed by atoms with Crippen molar-refractivity contribution in [2.75, 3.05) is 23.9 Å². The minimum atomic E-state index is -2.99. The quantitative estimate of drug-likeness (QED) is 0.909. The number of nitrogens with one attached hydrogen (secondary N) is 1. The summed E-state index contributed by atoms with van der Waals surface area (Å²) in [6.07, 6.45) is 0.509. The van der Waals surface area contributed by atoms with Gasteiger partial charge < -0.3 is 10.2 Å². The highest BCUT2D eigenvalue weighted by Gasteiger charge is 2.32. The first-order valence-electron chi connectivity index (χ1n) is 7.43. The van der Waals surface area contributed by atoms with Crippen LogP contribution in [0.15, 0.2) is 24.3 Å². The van der Waals surface area contributed by atoms with E-state index in [1.54, 1.807) is 7.05 Å². The van der Waals surface area contributed by atoms with Gasteiger partial charge in [0.15, 0.2) is 9.84 Å². The summed E-state index contributed by atoms with van der Waals surface area (Å²) in [6, 6.07) is 7.23. The van der Waals surface area contributed by atoms with Gasteiger partial charge in [-0.1, -0.05) is 32.9 Å². The molecule has 5 nitrogen and oxygen atoms in total. The molecule has 1 aliphatic heterocycles. The lowest BCUT2D eigenvalue weighted by Gasteiger charge is -2.24. The van der Waals surface area contributed by atoms with E-state index in [2.05, 4.69) is 26.1 Å². The van der Waals surface area contributed by atoms with Gasteiger partial charge in [0, 0.05) is 18.8 Å². The Morgan fingerprint density at radius 3 is 2.27 bits per heavy atom. The highest BCUT2D eigenvalue weighted by molar-refractivity contribution is 7.91. The van der Waals surface area contributed by atoms with E-state index >= 15 is 0 Å². The number of hydrogen-bond acceptors (Lipinski definition) is 3. The molecule has 0 radical (unpaired) electrons. The van der Waals surface area contributed by atoms with E-state index in [9.17, 15) is 13.2 Å². The van der Waals surface area contributed by atoms with Crippen molar-refractivity contribution in [2.45, 2.75) is 38.6 Å². The minimum Gasteiger partial charge on any atom is -0.324 e. The third-order valence-corrected chi connectivity index (χ3v) is 5.83. The van der Waals surface area contributed by atoms with Crippen LogP contribution in [-0.4, -0.2) is 43.9 Å². The van der Waals surface area contributed by atoms with Crippen LogP contribution in [0.3, 0.4) is 0 Å². The molecule has 122 valence electrons. The van der Waals surface area contributed by atoms with Crippen LogP contribution in [0, 0.1) is 0 Å². The zero-order valence-electron chi connectivity index (χ0n) is 13.6. The molecule has 1 aromatic carbocycles. The van der Waals surface area contributed by atoms with Crippen molar-refractivity contribution in [3.05, 3.63) is 29.8 Å². The first-order valence-corrected chi connectivity index (χ1v) is 9.25. The normalized spacial score (nSPS) is 20.6. The summed E-state index contributed by atoms with van der Waals surface area (Å²) in [7, 11) is -1.35. The standard InChI is InChI=1S/C16H24N2O3S/c1-16(2,3)12-5-7-13(8-6-12)17-15(19)18(4)14-9-10-22(20,21)11-14/h5-8,14H,9-11H2,1-4H3,(H,17,19). The van der Waals surface area contributed by atoms with Crippen LogP contribution in [0.25, 0.3) is 0 Å². The van der Waals surface area contributed by atoms with Gasteiger partial charge in [0.2, 0.25) is 0 Å². The lowest BCUT2D eigenvalue weighted by molar-refractivity contribution is 0.209. The number of carbonyl (C=O) groups excluding carboxylic acids is 1. The van der Waals surface area contributed by atoms with E-state index < -0.39 is 9.84 Å². The topological polar surface area (TPSA) is 66.5 Å². The summed E-state index contributed by atoms with van der Waals surface area (Å²) in [6.45, 7) is 6.40. The van der Waals surface area contributed by atoms with Gasteiger partial charge in [-0.05, 0) is 29.5 Å². The number of nitrogens with zero attached hydrogens (tertiary/aromatic N) is 1. The van der Waals surface area contributed by atoms with Gasteiger partial charge in [-0.3, -0.25) is 0 Å². The summed E-state index contributed by atoms with van der Waals surface area (Å²) in [4.78, 5) is 13.7. The third-order valence-electron chi connectivity index (χ3n) is 4.08. The number of amides is 2. The number of rotatable bonds is 2. The molecule has 6 heteroatoms. The lowest BCUT2D eigenvalue weighted by atomic mass is 9.87. The summed E-state index contributed by atoms with van der Waals surface area (Å²) in [5.74, 6) is 0.218. The lowest BCUT2D eigenvalue weighted by Crippen LogP contribution is -2.40. The van der Waals surface area contributed by atoms with Gasteiger partial charge in [0.05, 0.1) is 11.5 Å². The Kier molecular flexibility index (Phi) is 4.52. The molecular formula is C16H24N2O3S. The van der Waals surface area contributed by atoms with Crippen molar-refractivity contribution in [3.63, 3.8) is 0 Å². The molecule has 0 aliphatic carbocycles. The fourth-order valence-corrected chi connectivity index (χ4v) is 4.29. The molecule has 0 aromatic heterocycles. The van der Waals surface area contributed by atoms with Gasteiger partial charge in [0.25, 0.3) is 0 Å². The Balaban J connectivity index is 2.00. The van der Waals surface area contributed by atoms with E-state index in [4.69, 9.17) is 0 Å². The number of anilines is 1. The maximum Gasteiger partial charge on any atom is 0.321 e. The van der Waals surface area contributed by atoms with E-state index in [-0.39, 0.29) is 29.0 Å². The molecule has 1 aromatic rings. The van der Waals surface area contributed by atoms with Gasteiger partial charge in [0.1, 0.15) is 0 Å². The van der Waals surface area contributed by atoms with E-state index in [1.165, 1.54) is 10.5 Å². The molecule has 1 aliphatic rings. The second-order valence-electron chi connectivity index (χ2n) is 6.93. The predicted molar refractivity (Wildman–Crippen MR) is 89.0 cm³/mol. The van der Waals surface area contributed by atoms with E-state index in [1.807, 2.05) is 24.3 Å². The van der Waals surface area contributed by atoms with E-state index in [0.717, 1.165) is 0 Å². The zero-order valence-corrected chi connectivity index (χ0v) is 14.4. The molecule has 1 saturated heterocycles. The van der Waals surface area contributed by atoms with Gasteiger partial charge in [-0.2, -0.15) is 0 Å². The van der Waals surface area contributed by atoms with Gasteiger partial charge in [-0.25, -0.2) is 13.2 Å². The number of carbonyl (C=O) groups is 1. The van der Waals surface area contributed by atoms with Crippen molar-refractivity contribution in [1.29, 1.82) is 0 Å². The Morgan fingerprint density at radius 1 is 1.23 bits per heavy atom. The first-order chi connectivity index (χ1) is 10.1. The molecule has 0 spiro atoms. The fourth-order valence-electron chi connectivity index (χ4n) is 2.51. The molecule has 1 heterocycles. The predicted octanol–water partition coefficient (Wildman–Crippen LogP) is 2.63. The first kappa shape index (κ1) is 16.8. The van der Waals surface area contributed by atoms with Crippen molar-refractivity contribution in [3.8, 4) is 0 Å². The average Bonchev–Trinajstić information content (AvgIpc) is 2.77. The van der Waals surface area contributed by atoms with Crippen molar-refractivity contribution in [2.24, 2.45) is 0 Å². The van der Waals surface area contributed by atoms with E-state index in [0.29, 0.717) is 12.1 Å². The number of urea groups is 1. The Morgan fingerprint density at radius 2 is 1.82 bits per heavy atom. The smallest absolute Gasteiger partial charge is 0.321 e. The minimum absolute atomic E-state index is 0.0554. The Labute approximate surface area is 132 Å². The Bertz CT molecular complexity index is 645. The summed E-state index contributed by atoms with van der Waals surface area (Å²) in [5, 5.41) is 2.82. The fraction of sp³-hybridized carbons (Fsp3) is 0.562. The van der Waals surface area contributed by atoms with Gasteiger partial charge in [-0.15, -0.1) is 0 Å². The molecule has 1 fully saturated rings. The van der Waals surface area contributed by atoms with Crippen LogP contribution in [0.1, 0.15) is 32.8 Å². The van der Waals surface area contributed by atoms with Crippen LogP contribution in [0.2, 0.25) is 0 Å². The molecule has 2 amide bonds. The molecular weight excluding hydrogens is 300 g/mol. The third kappa shape index (κ3) is 4.00. The van der Waals surface area contributed by atoms with Crippen molar-refractivity contribution < 1.29 is 13.2 Å². The molecule has 2 rings (SSSR count). The molecule has 1 atom stereocenters. The molecule has 1 N–H and O–H groups in total. The molecule has 22 heavy (non-hydrogen) atoms. The molecule has 0 bridgehead atoms.